The summed E-state index contributed by atoms with van der Waals surface area (Å²) in [4.78, 5) is 22.9. The van der Waals surface area contributed by atoms with Crippen LogP contribution in [0.4, 0.5) is 0 Å². The van der Waals surface area contributed by atoms with Gasteiger partial charge in [-0.15, -0.1) is 0 Å². The molecule has 0 aliphatic carbocycles. The molecule has 18 heavy (non-hydrogen) atoms. The predicted molar refractivity (Wildman–Crippen MR) is 71.8 cm³/mol. The summed E-state index contributed by atoms with van der Waals surface area (Å²) in [5.74, 6) is -1.75. The SMILES string of the molecule is CCC(C)NC(=O)C(C)S(=O)C(C(=O)O)C(C)C. The Morgan fingerprint density at radius 1 is 1.22 bits per heavy atom. The summed E-state index contributed by atoms with van der Waals surface area (Å²) in [6.45, 7) is 8.67. The number of rotatable bonds is 7. The van der Waals surface area contributed by atoms with Gasteiger partial charge in [-0.3, -0.25) is 13.8 Å². The van der Waals surface area contributed by atoms with Crippen molar-refractivity contribution >= 4 is 22.7 Å². The third-order valence-electron chi connectivity index (χ3n) is 2.82. The summed E-state index contributed by atoms with van der Waals surface area (Å²) in [6, 6.07) is -0.000668. The van der Waals surface area contributed by atoms with Gasteiger partial charge in [0.1, 0.15) is 10.5 Å². The molecule has 0 spiro atoms. The van der Waals surface area contributed by atoms with Crippen molar-refractivity contribution in [2.45, 2.75) is 57.6 Å². The number of carbonyl (C=O) groups is 2. The van der Waals surface area contributed by atoms with Crippen molar-refractivity contribution < 1.29 is 18.9 Å². The molecular formula is C12H23NO4S. The lowest BCUT2D eigenvalue weighted by Gasteiger charge is -2.21. The Morgan fingerprint density at radius 2 is 1.72 bits per heavy atom. The first-order valence-corrected chi connectivity index (χ1v) is 7.42. The van der Waals surface area contributed by atoms with Gasteiger partial charge >= 0.3 is 5.97 Å². The van der Waals surface area contributed by atoms with Crippen LogP contribution in [0.2, 0.25) is 0 Å². The molecule has 4 unspecified atom stereocenters. The Hall–Kier alpha value is -0.910. The summed E-state index contributed by atoms with van der Waals surface area (Å²) in [7, 11) is -1.72. The van der Waals surface area contributed by atoms with Crippen LogP contribution in [0.3, 0.4) is 0 Å². The lowest BCUT2D eigenvalue weighted by molar-refractivity contribution is -0.137. The van der Waals surface area contributed by atoms with E-state index in [2.05, 4.69) is 5.32 Å². The number of amides is 1. The zero-order chi connectivity index (χ0) is 14.5. The maximum atomic E-state index is 12.1. The standard InChI is InChI=1S/C12H23NO4S/c1-6-8(4)13-11(14)9(5)18(17)10(7(2)3)12(15)16/h7-10H,6H2,1-5H3,(H,13,14)(H,15,16). The first-order valence-electron chi connectivity index (χ1n) is 6.14. The van der Waals surface area contributed by atoms with Gasteiger partial charge in [-0.2, -0.15) is 0 Å². The molecule has 0 heterocycles. The Kier molecular flexibility index (Phi) is 7.13. The Morgan fingerprint density at radius 3 is 2.06 bits per heavy atom. The number of carboxylic acid groups (broad SMARTS) is 1. The highest BCUT2D eigenvalue weighted by Gasteiger charge is 2.34. The molecule has 0 aliphatic heterocycles. The van der Waals surface area contributed by atoms with Crippen LogP contribution in [0.1, 0.15) is 41.0 Å². The van der Waals surface area contributed by atoms with Gasteiger partial charge in [0.05, 0.1) is 0 Å². The maximum absolute atomic E-state index is 12.1. The fourth-order valence-corrected chi connectivity index (χ4v) is 2.89. The molecule has 0 fully saturated rings. The summed E-state index contributed by atoms with van der Waals surface area (Å²) >= 11 is 0. The quantitative estimate of drug-likeness (QED) is 0.731. The van der Waals surface area contributed by atoms with Crippen molar-refractivity contribution in [2.24, 2.45) is 5.92 Å². The van der Waals surface area contributed by atoms with Gasteiger partial charge in [0.25, 0.3) is 0 Å². The van der Waals surface area contributed by atoms with Gasteiger partial charge in [0.2, 0.25) is 5.91 Å². The molecule has 5 nitrogen and oxygen atoms in total. The van der Waals surface area contributed by atoms with Gasteiger partial charge in [0.15, 0.2) is 0 Å². The number of carboxylic acids is 1. The van der Waals surface area contributed by atoms with Crippen molar-refractivity contribution in [3.63, 3.8) is 0 Å². The average Bonchev–Trinajstić information content (AvgIpc) is 2.26. The monoisotopic (exact) mass is 277 g/mol. The van der Waals surface area contributed by atoms with Crippen LogP contribution in [-0.4, -0.2) is 37.7 Å². The number of nitrogens with one attached hydrogen (secondary N) is 1. The minimum Gasteiger partial charge on any atom is -0.480 e. The fourth-order valence-electron chi connectivity index (χ4n) is 1.44. The number of aliphatic carboxylic acids is 1. The van der Waals surface area contributed by atoms with E-state index < -0.39 is 27.3 Å². The van der Waals surface area contributed by atoms with E-state index in [4.69, 9.17) is 5.11 Å². The summed E-state index contributed by atoms with van der Waals surface area (Å²) < 4.78 is 12.1. The van der Waals surface area contributed by atoms with Gasteiger partial charge in [-0.25, -0.2) is 0 Å². The second-order valence-corrected chi connectivity index (χ2v) is 6.66. The molecule has 0 saturated heterocycles. The Bertz CT molecular complexity index is 330. The Labute approximate surface area is 111 Å². The number of carbonyl (C=O) groups excluding carboxylic acids is 1. The van der Waals surface area contributed by atoms with E-state index in [1.54, 1.807) is 13.8 Å². The fraction of sp³-hybridized carbons (Fsp3) is 0.833. The van der Waals surface area contributed by atoms with Gasteiger partial charge in [-0.05, 0) is 26.2 Å². The molecule has 2 N–H and O–H groups in total. The average molecular weight is 277 g/mol. The highest BCUT2D eigenvalue weighted by atomic mass is 32.2. The molecule has 0 aliphatic rings. The highest BCUT2D eigenvalue weighted by Crippen LogP contribution is 2.14. The molecule has 0 rings (SSSR count). The molecule has 0 bridgehead atoms. The second kappa shape index (κ2) is 7.51. The topological polar surface area (TPSA) is 83.5 Å². The molecule has 106 valence electrons. The van der Waals surface area contributed by atoms with Crippen molar-refractivity contribution in [2.75, 3.05) is 0 Å². The number of hydrogen-bond donors (Lipinski definition) is 2. The molecule has 0 aromatic rings. The van der Waals surface area contributed by atoms with Crippen LogP contribution in [0.5, 0.6) is 0 Å². The molecule has 0 aromatic heterocycles. The number of hydrogen-bond acceptors (Lipinski definition) is 3. The largest absolute Gasteiger partial charge is 0.480 e. The first kappa shape index (κ1) is 17.1. The van der Waals surface area contributed by atoms with Gasteiger partial charge in [0, 0.05) is 16.8 Å². The van der Waals surface area contributed by atoms with Gasteiger partial charge < -0.3 is 10.4 Å². The van der Waals surface area contributed by atoms with Crippen molar-refractivity contribution in [1.82, 2.24) is 5.32 Å². The third-order valence-corrected chi connectivity index (χ3v) is 4.98. The van der Waals surface area contributed by atoms with E-state index in [0.717, 1.165) is 6.42 Å². The van der Waals surface area contributed by atoms with Crippen LogP contribution in [-0.2, 0) is 20.4 Å². The molecular weight excluding hydrogens is 254 g/mol. The van der Waals surface area contributed by atoms with Gasteiger partial charge in [-0.1, -0.05) is 20.8 Å². The van der Waals surface area contributed by atoms with E-state index in [1.807, 2.05) is 13.8 Å². The van der Waals surface area contributed by atoms with E-state index in [0.29, 0.717) is 0 Å². The zero-order valence-corrected chi connectivity index (χ0v) is 12.4. The van der Waals surface area contributed by atoms with Crippen molar-refractivity contribution in [3.05, 3.63) is 0 Å². The van der Waals surface area contributed by atoms with E-state index >= 15 is 0 Å². The summed E-state index contributed by atoms with van der Waals surface area (Å²) in [6.07, 6.45) is 0.775. The molecule has 0 saturated carbocycles. The summed E-state index contributed by atoms with van der Waals surface area (Å²) in [5, 5.41) is 9.94. The Balaban J connectivity index is 4.76. The minimum atomic E-state index is -1.72. The molecule has 0 aromatic carbocycles. The molecule has 4 atom stereocenters. The third kappa shape index (κ3) is 4.76. The lowest BCUT2D eigenvalue weighted by Crippen LogP contribution is -2.45. The van der Waals surface area contributed by atoms with Crippen LogP contribution < -0.4 is 5.32 Å². The van der Waals surface area contributed by atoms with E-state index in [9.17, 15) is 13.8 Å². The van der Waals surface area contributed by atoms with Crippen LogP contribution in [0.25, 0.3) is 0 Å². The highest BCUT2D eigenvalue weighted by molar-refractivity contribution is 7.87. The zero-order valence-electron chi connectivity index (χ0n) is 11.6. The normalized spacial score (nSPS) is 17.9. The van der Waals surface area contributed by atoms with Crippen molar-refractivity contribution in [1.29, 1.82) is 0 Å². The molecule has 6 heteroatoms. The second-order valence-electron chi connectivity index (χ2n) is 4.79. The minimum absolute atomic E-state index is 0.000668. The van der Waals surface area contributed by atoms with Crippen LogP contribution in [0.15, 0.2) is 0 Å². The smallest absolute Gasteiger partial charge is 0.319 e. The molecule has 1 amide bonds. The van der Waals surface area contributed by atoms with Crippen LogP contribution in [0, 0.1) is 5.92 Å². The predicted octanol–water partition coefficient (Wildman–Crippen LogP) is 1.15. The lowest BCUT2D eigenvalue weighted by atomic mass is 10.1. The maximum Gasteiger partial charge on any atom is 0.319 e. The van der Waals surface area contributed by atoms with E-state index in [-0.39, 0.29) is 17.9 Å². The van der Waals surface area contributed by atoms with Crippen molar-refractivity contribution in [3.8, 4) is 0 Å². The first-order chi connectivity index (χ1) is 8.22. The molecule has 0 radical (unpaired) electrons. The van der Waals surface area contributed by atoms with Crippen LogP contribution >= 0.6 is 0 Å². The van der Waals surface area contributed by atoms with E-state index in [1.165, 1.54) is 6.92 Å². The summed E-state index contributed by atoms with van der Waals surface area (Å²) in [5.41, 5.74) is 0.